The van der Waals surface area contributed by atoms with E-state index in [1.165, 1.54) is 13.2 Å². The highest BCUT2D eigenvalue weighted by Gasteiger charge is 2.39. The number of nitrogens with zero attached hydrogens (tertiary/aromatic N) is 2. The number of nitrogen functional groups attached to an aromatic ring is 1. The summed E-state index contributed by atoms with van der Waals surface area (Å²) in [4.78, 5) is 15.2. The summed E-state index contributed by atoms with van der Waals surface area (Å²) in [6.45, 7) is 0. The molecule has 0 saturated carbocycles. The first-order valence-corrected chi connectivity index (χ1v) is 5.88. The van der Waals surface area contributed by atoms with Crippen LogP contribution in [-0.4, -0.2) is 18.1 Å². The van der Waals surface area contributed by atoms with Gasteiger partial charge in [-0.25, -0.2) is 4.79 Å². The highest BCUT2D eigenvalue weighted by atomic mass is 19.4. The molecule has 0 spiro atoms. The molecule has 0 atom stereocenters. The van der Waals surface area contributed by atoms with Gasteiger partial charge in [0, 0.05) is 12.3 Å². The minimum atomic E-state index is -4.76. The molecular formula is C13H10F3N3O3. The van der Waals surface area contributed by atoms with E-state index in [0.29, 0.717) is 6.07 Å². The highest BCUT2D eigenvalue weighted by molar-refractivity contribution is 5.91. The Labute approximate surface area is 122 Å². The van der Waals surface area contributed by atoms with Gasteiger partial charge in [-0.2, -0.15) is 17.9 Å². The van der Waals surface area contributed by atoms with Gasteiger partial charge in [-0.3, -0.25) is 4.98 Å². The molecule has 0 saturated heterocycles. The second-order valence-corrected chi connectivity index (χ2v) is 4.28. The second-order valence-electron chi connectivity index (χ2n) is 4.28. The topological polar surface area (TPSA) is 92.1 Å². The average Bonchev–Trinajstić information content (AvgIpc) is 2.44. The average molecular weight is 313 g/mol. The molecule has 2 aromatic heterocycles. The first-order valence-electron chi connectivity index (χ1n) is 5.88. The summed E-state index contributed by atoms with van der Waals surface area (Å²) in [7, 11) is 1.18. The zero-order valence-corrected chi connectivity index (χ0v) is 11.2. The van der Waals surface area contributed by atoms with E-state index in [4.69, 9.17) is 5.73 Å². The molecule has 0 bridgehead atoms. The standard InChI is InChI=1S/C13H10F3N3O3/c1-22-12(20)8-4-9(17)11(18-5-8)7-2-3-10(13(14,15)16)19(21)6-7/h2-6H,17H2,1H3. The van der Waals surface area contributed by atoms with Crippen LogP contribution < -0.4 is 10.5 Å². The van der Waals surface area contributed by atoms with Crippen LogP contribution in [0.4, 0.5) is 18.9 Å². The molecule has 2 rings (SSSR count). The molecule has 0 aliphatic rings. The van der Waals surface area contributed by atoms with E-state index in [-0.39, 0.29) is 27.2 Å². The minimum Gasteiger partial charge on any atom is -0.618 e. The van der Waals surface area contributed by atoms with E-state index in [1.54, 1.807) is 0 Å². The van der Waals surface area contributed by atoms with Crippen molar-refractivity contribution in [1.29, 1.82) is 0 Å². The van der Waals surface area contributed by atoms with Crippen molar-refractivity contribution in [1.82, 2.24) is 4.98 Å². The number of rotatable bonds is 2. The molecule has 0 unspecified atom stereocenters. The van der Waals surface area contributed by atoms with E-state index < -0.39 is 17.8 Å². The summed E-state index contributed by atoms with van der Waals surface area (Å²) in [5, 5.41) is 11.4. The van der Waals surface area contributed by atoms with E-state index in [0.717, 1.165) is 18.5 Å². The number of anilines is 1. The first-order chi connectivity index (χ1) is 10.2. The predicted molar refractivity (Wildman–Crippen MR) is 69.4 cm³/mol. The third-order valence-electron chi connectivity index (χ3n) is 2.82. The summed E-state index contributed by atoms with van der Waals surface area (Å²) >= 11 is 0. The fourth-order valence-corrected chi connectivity index (χ4v) is 1.79. The zero-order chi connectivity index (χ0) is 16.5. The van der Waals surface area contributed by atoms with Gasteiger partial charge in [-0.15, -0.1) is 0 Å². The third kappa shape index (κ3) is 2.92. The lowest BCUT2D eigenvalue weighted by atomic mass is 10.1. The second kappa shape index (κ2) is 5.51. The fraction of sp³-hybridized carbons (Fsp3) is 0.154. The number of carbonyl (C=O) groups excluding carboxylic acids is 1. The van der Waals surface area contributed by atoms with Gasteiger partial charge in [0.05, 0.1) is 29.6 Å². The molecule has 2 N–H and O–H groups in total. The molecule has 0 aromatic carbocycles. The van der Waals surface area contributed by atoms with Crippen LogP contribution in [0.3, 0.4) is 0 Å². The van der Waals surface area contributed by atoms with Crippen molar-refractivity contribution in [2.75, 3.05) is 12.8 Å². The smallest absolute Gasteiger partial charge is 0.478 e. The summed E-state index contributed by atoms with van der Waals surface area (Å²) in [6.07, 6.45) is -2.88. The zero-order valence-electron chi connectivity index (χ0n) is 11.2. The van der Waals surface area contributed by atoms with Gasteiger partial charge >= 0.3 is 12.1 Å². The van der Waals surface area contributed by atoms with Crippen LogP contribution in [-0.2, 0) is 10.9 Å². The van der Waals surface area contributed by atoms with Crippen LogP contribution in [0, 0.1) is 5.21 Å². The molecule has 9 heteroatoms. The first kappa shape index (κ1) is 15.5. The molecule has 0 fully saturated rings. The van der Waals surface area contributed by atoms with E-state index in [1.807, 2.05) is 0 Å². The fourth-order valence-electron chi connectivity index (χ4n) is 1.79. The van der Waals surface area contributed by atoms with Gasteiger partial charge in [-0.1, -0.05) is 0 Å². The highest BCUT2D eigenvalue weighted by Crippen LogP contribution is 2.29. The molecule has 6 nitrogen and oxygen atoms in total. The number of hydrogen-bond acceptors (Lipinski definition) is 5. The number of pyridine rings is 2. The molecule has 0 aliphatic heterocycles. The van der Waals surface area contributed by atoms with Gasteiger partial charge in [0.1, 0.15) is 0 Å². The van der Waals surface area contributed by atoms with Gasteiger partial charge in [-0.05, 0) is 12.1 Å². The minimum absolute atomic E-state index is 0.0302. The Hall–Kier alpha value is -2.84. The van der Waals surface area contributed by atoms with Crippen LogP contribution in [0.15, 0.2) is 30.6 Å². The molecule has 116 valence electrons. The molecule has 2 heterocycles. The quantitative estimate of drug-likeness (QED) is 0.518. The normalized spacial score (nSPS) is 11.3. The molecule has 2 aromatic rings. The maximum Gasteiger partial charge on any atom is 0.478 e. The Bertz CT molecular complexity index is 732. The van der Waals surface area contributed by atoms with E-state index in [9.17, 15) is 23.2 Å². The lowest BCUT2D eigenvalue weighted by molar-refractivity contribution is -0.628. The Balaban J connectivity index is 2.45. The van der Waals surface area contributed by atoms with Crippen LogP contribution >= 0.6 is 0 Å². The number of alkyl halides is 3. The summed E-state index contributed by atoms with van der Waals surface area (Å²) in [5.41, 5.74) is 4.67. The number of aromatic nitrogens is 2. The van der Waals surface area contributed by atoms with Crippen molar-refractivity contribution < 1.29 is 27.4 Å². The van der Waals surface area contributed by atoms with E-state index in [2.05, 4.69) is 9.72 Å². The predicted octanol–water partition coefficient (Wildman–Crippen LogP) is 1.77. The number of hydrogen-bond donors (Lipinski definition) is 1. The number of esters is 1. The maximum atomic E-state index is 12.5. The van der Waals surface area contributed by atoms with Crippen molar-refractivity contribution in [3.8, 4) is 11.3 Å². The number of methoxy groups -OCH3 is 1. The number of ether oxygens (including phenoxy) is 1. The Morgan fingerprint density at radius 3 is 2.59 bits per heavy atom. The van der Waals surface area contributed by atoms with Gasteiger partial charge in [0.25, 0.3) is 5.69 Å². The summed E-state index contributed by atoms with van der Waals surface area (Å²) < 4.78 is 41.8. The number of halogens is 3. The maximum absolute atomic E-state index is 12.5. The van der Waals surface area contributed by atoms with Crippen LogP contribution in [0.5, 0.6) is 0 Å². The SMILES string of the molecule is COC(=O)c1cnc(-c2ccc(C(F)(F)F)[n+]([O-])c2)c(N)c1. The van der Waals surface area contributed by atoms with Crippen LogP contribution in [0.2, 0.25) is 0 Å². The summed E-state index contributed by atoms with van der Waals surface area (Å²) in [5.74, 6) is -0.656. The van der Waals surface area contributed by atoms with Gasteiger partial charge in [0.2, 0.25) is 0 Å². The lowest BCUT2D eigenvalue weighted by Gasteiger charge is -2.10. The van der Waals surface area contributed by atoms with Crippen molar-refractivity contribution in [2.24, 2.45) is 0 Å². The number of carbonyl (C=O) groups is 1. The van der Waals surface area contributed by atoms with Crippen LogP contribution in [0.1, 0.15) is 16.1 Å². The van der Waals surface area contributed by atoms with Gasteiger partial charge in [0.15, 0.2) is 6.20 Å². The molecule has 0 amide bonds. The van der Waals surface area contributed by atoms with Crippen molar-refractivity contribution in [3.63, 3.8) is 0 Å². The summed E-state index contributed by atoms with van der Waals surface area (Å²) in [6, 6.07) is 2.98. The molecular weight excluding hydrogens is 303 g/mol. The van der Waals surface area contributed by atoms with Crippen molar-refractivity contribution >= 4 is 11.7 Å². The van der Waals surface area contributed by atoms with Crippen molar-refractivity contribution in [2.45, 2.75) is 6.18 Å². The third-order valence-corrected chi connectivity index (χ3v) is 2.82. The van der Waals surface area contributed by atoms with Crippen LogP contribution in [0.25, 0.3) is 11.3 Å². The van der Waals surface area contributed by atoms with Gasteiger partial charge < -0.3 is 15.7 Å². The Morgan fingerprint density at radius 2 is 2.09 bits per heavy atom. The van der Waals surface area contributed by atoms with E-state index >= 15 is 0 Å². The molecule has 0 aliphatic carbocycles. The Morgan fingerprint density at radius 1 is 1.41 bits per heavy atom. The number of nitrogens with two attached hydrogens (primary N) is 1. The molecule has 22 heavy (non-hydrogen) atoms. The largest absolute Gasteiger partial charge is 0.618 e. The molecule has 0 radical (unpaired) electrons. The van der Waals surface area contributed by atoms with Crippen molar-refractivity contribution in [3.05, 3.63) is 47.1 Å². The Kier molecular flexibility index (Phi) is 3.89. The lowest BCUT2D eigenvalue weighted by Crippen LogP contribution is -2.36. The monoisotopic (exact) mass is 313 g/mol.